The lowest BCUT2D eigenvalue weighted by Crippen LogP contribution is -2.57. The average molecular weight is 524 g/mol. The zero-order chi connectivity index (χ0) is 26.2. The number of nitrogens with one attached hydrogen (secondary N) is 2. The molecule has 1 amide bonds. The minimum absolute atomic E-state index is 0.00713. The van der Waals surface area contributed by atoms with E-state index in [2.05, 4.69) is 17.6 Å². The highest BCUT2D eigenvalue weighted by Gasteiger charge is 2.59. The topological polar surface area (TPSA) is 94.5 Å². The molecule has 2 aromatic carbocycles. The van der Waals surface area contributed by atoms with Crippen LogP contribution in [0.2, 0.25) is 0 Å². The van der Waals surface area contributed by atoms with Gasteiger partial charge >= 0.3 is 0 Å². The van der Waals surface area contributed by atoms with Gasteiger partial charge in [0.2, 0.25) is 5.91 Å². The van der Waals surface area contributed by atoms with Crippen molar-refractivity contribution in [2.45, 2.75) is 58.1 Å². The predicted octanol–water partition coefficient (Wildman–Crippen LogP) is 5.15. The highest BCUT2D eigenvalue weighted by molar-refractivity contribution is 7.15. The molecule has 0 aliphatic heterocycles. The van der Waals surface area contributed by atoms with E-state index >= 15 is 0 Å². The molecule has 2 aliphatic carbocycles. The van der Waals surface area contributed by atoms with Gasteiger partial charge < -0.3 is 20.8 Å². The number of nitrogens with zero attached hydrogens (tertiary/aromatic N) is 1. The molecule has 4 N–H and O–H groups in total. The Morgan fingerprint density at radius 1 is 1.16 bits per heavy atom. The van der Waals surface area contributed by atoms with E-state index in [1.807, 2.05) is 37.3 Å². The number of aromatic nitrogens is 1. The molecule has 5 rings (SSSR count). The van der Waals surface area contributed by atoms with Crippen LogP contribution in [0.4, 0.5) is 15.2 Å². The molecule has 5 unspecified atom stereocenters. The van der Waals surface area contributed by atoms with E-state index in [1.54, 1.807) is 12.1 Å². The van der Waals surface area contributed by atoms with E-state index in [-0.39, 0.29) is 42.0 Å². The number of aliphatic hydroxyl groups is 2. The predicted molar refractivity (Wildman–Crippen MR) is 143 cm³/mol. The molecule has 6 nitrogen and oxygen atoms in total. The highest BCUT2D eigenvalue weighted by atomic mass is 32.1. The van der Waals surface area contributed by atoms with Crippen LogP contribution < -0.4 is 10.6 Å². The van der Waals surface area contributed by atoms with E-state index in [9.17, 15) is 19.4 Å². The Hall–Kier alpha value is -2.81. The smallest absolute Gasteiger partial charge is 0.220 e. The summed E-state index contributed by atoms with van der Waals surface area (Å²) >= 11 is 1.53. The molecule has 196 valence electrons. The highest BCUT2D eigenvalue weighted by Crippen LogP contribution is 2.62. The van der Waals surface area contributed by atoms with E-state index in [4.69, 9.17) is 4.98 Å². The number of hydrogen-bond acceptors (Lipinski definition) is 6. The van der Waals surface area contributed by atoms with Crippen LogP contribution in [0.25, 0.3) is 0 Å². The number of rotatable bonds is 7. The Morgan fingerprint density at radius 2 is 1.89 bits per heavy atom. The van der Waals surface area contributed by atoms with Crippen LogP contribution in [0.5, 0.6) is 0 Å². The first-order chi connectivity index (χ1) is 17.7. The van der Waals surface area contributed by atoms with Crippen molar-refractivity contribution in [2.24, 2.45) is 16.7 Å². The summed E-state index contributed by atoms with van der Waals surface area (Å²) in [5, 5.41) is 28.4. The van der Waals surface area contributed by atoms with Crippen LogP contribution >= 0.6 is 11.3 Å². The van der Waals surface area contributed by atoms with Gasteiger partial charge in [-0.25, -0.2) is 9.37 Å². The minimum Gasteiger partial charge on any atom is -0.396 e. The fourth-order valence-electron chi connectivity index (χ4n) is 6.41. The molecule has 1 saturated carbocycles. The number of aliphatic hydroxyl groups excluding tert-OH is 2. The molecule has 8 heteroatoms. The molecule has 2 aliphatic rings. The number of amides is 1. The van der Waals surface area contributed by atoms with Crippen LogP contribution in [0.15, 0.2) is 54.6 Å². The lowest BCUT2D eigenvalue weighted by Gasteiger charge is -2.58. The molecule has 1 heterocycles. The molecule has 0 radical (unpaired) electrons. The quantitative estimate of drug-likeness (QED) is 0.344. The van der Waals surface area contributed by atoms with E-state index in [0.717, 1.165) is 28.2 Å². The molecule has 3 aromatic rings. The van der Waals surface area contributed by atoms with Crippen molar-refractivity contribution in [3.63, 3.8) is 0 Å². The van der Waals surface area contributed by atoms with Crippen molar-refractivity contribution in [1.29, 1.82) is 0 Å². The first-order valence-electron chi connectivity index (χ1n) is 12.8. The number of hydrogen-bond donors (Lipinski definition) is 4. The Bertz CT molecular complexity index is 1250. The fourth-order valence-corrected chi connectivity index (χ4v) is 7.50. The summed E-state index contributed by atoms with van der Waals surface area (Å²) in [6.07, 6.45) is 1.69. The number of carbonyl (C=O) groups is 1. The standard InChI is InChI=1S/C29H34FN3O3S/c1-28-13-12-24(35)29(2,17-34)23(28)15-22-26(33-27(37-22)32-20-10-8-19(30)9-11-20)21(28)14-25(36)31-16-18-6-4-3-5-7-18/h3-11,21,23-24,34-35H,12-17H2,1-2H3,(H,31,36)(H,32,33). The van der Waals surface area contributed by atoms with Crippen molar-refractivity contribution in [3.05, 3.63) is 76.5 Å². The lowest BCUT2D eigenvalue weighted by atomic mass is 9.47. The van der Waals surface area contributed by atoms with E-state index in [0.29, 0.717) is 24.5 Å². The van der Waals surface area contributed by atoms with Gasteiger partial charge in [0.25, 0.3) is 0 Å². The summed E-state index contributed by atoms with van der Waals surface area (Å²) in [5.41, 5.74) is 1.72. The van der Waals surface area contributed by atoms with Crippen molar-refractivity contribution < 1.29 is 19.4 Å². The number of thiazole rings is 1. The lowest BCUT2D eigenvalue weighted by molar-refractivity contribution is -0.144. The van der Waals surface area contributed by atoms with Crippen molar-refractivity contribution in [1.82, 2.24) is 10.3 Å². The average Bonchev–Trinajstić information content (AvgIpc) is 3.30. The number of fused-ring (bicyclic) bond motifs is 2. The van der Waals surface area contributed by atoms with Gasteiger partial charge in [-0.05, 0) is 60.4 Å². The van der Waals surface area contributed by atoms with Gasteiger partial charge in [-0.3, -0.25) is 4.79 Å². The number of carbonyl (C=O) groups excluding carboxylic acids is 1. The van der Waals surface area contributed by atoms with Gasteiger partial charge in [-0.15, -0.1) is 11.3 Å². The van der Waals surface area contributed by atoms with Crippen LogP contribution in [0, 0.1) is 22.6 Å². The second kappa shape index (κ2) is 10.2. The molecule has 1 aromatic heterocycles. The van der Waals surface area contributed by atoms with Crippen LogP contribution in [-0.2, 0) is 17.8 Å². The third-order valence-corrected chi connectivity index (χ3v) is 9.72. The van der Waals surface area contributed by atoms with Crippen LogP contribution in [0.3, 0.4) is 0 Å². The van der Waals surface area contributed by atoms with Gasteiger partial charge in [-0.2, -0.15) is 0 Å². The van der Waals surface area contributed by atoms with Gasteiger partial charge in [0, 0.05) is 34.9 Å². The SMILES string of the molecule is CC1(CO)C(O)CCC2(C)C(CC(=O)NCc3ccccc3)c3nc(Nc4ccc(F)cc4)sc3CC12. The molecule has 0 spiro atoms. The summed E-state index contributed by atoms with van der Waals surface area (Å²) in [4.78, 5) is 19.3. The molecule has 1 fully saturated rings. The monoisotopic (exact) mass is 523 g/mol. The Kier molecular flexibility index (Phi) is 7.09. The largest absolute Gasteiger partial charge is 0.396 e. The first kappa shape index (κ1) is 25.8. The maximum absolute atomic E-state index is 13.4. The number of anilines is 2. The summed E-state index contributed by atoms with van der Waals surface area (Å²) < 4.78 is 13.4. The third-order valence-electron chi connectivity index (χ3n) is 8.71. The van der Waals surface area contributed by atoms with Crippen molar-refractivity contribution in [3.8, 4) is 0 Å². The fraction of sp³-hybridized carbons (Fsp3) is 0.448. The molecular weight excluding hydrogens is 489 g/mol. The first-order valence-corrected chi connectivity index (χ1v) is 13.7. The Labute approximate surface area is 221 Å². The number of benzene rings is 2. The van der Waals surface area contributed by atoms with Crippen molar-refractivity contribution in [2.75, 3.05) is 11.9 Å². The third kappa shape index (κ3) is 4.90. The summed E-state index contributed by atoms with van der Waals surface area (Å²) in [7, 11) is 0. The minimum atomic E-state index is -0.669. The molecule has 5 atom stereocenters. The van der Waals surface area contributed by atoms with Crippen LogP contribution in [0.1, 0.15) is 55.2 Å². The Balaban J connectivity index is 1.46. The molecule has 0 saturated heterocycles. The molecule has 0 bridgehead atoms. The van der Waals surface area contributed by atoms with Gasteiger partial charge in [0.15, 0.2) is 5.13 Å². The summed E-state index contributed by atoms with van der Waals surface area (Å²) in [5.74, 6) is -0.508. The normalized spacial score (nSPS) is 28.7. The maximum Gasteiger partial charge on any atom is 0.220 e. The molecule has 37 heavy (non-hydrogen) atoms. The van der Waals surface area contributed by atoms with Crippen LogP contribution in [-0.4, -0.2) is 33.8 Å². The van der Waals surface area contributed by atoms with Gasteiger partial charge in [-0.1, -0.05) is 44.2 Å². The van der Waals surface area contributed by atoms with E-state index < -0.39 is 11.5 Å². The number of halogens is 1. The second-order valence-corrected chi connectivity index (χ2v) is 12.0. The van der Waals surface area contributed by atoms with Crippen molar-refractivity contribution >= 4 is 28.1 Å². The zero-order valence-corrected chi connectivity index (χ0v) is 22.0. The molecular formula is C29H34FN3O3S. The Morgan fingerprint density at radius 3 is 2.59 bits per heavy atom. The summed E-state index contributed by atoms with van der Waals surface area (Å²) in [6, 6.07) is 16.0. The second-order valence-electron chi connectivity index (χ2n) is 11.0. The van der Waals surface area contributed by atoms with E-state index in [1.165, 1.54) is 23.5 Å². The van der Waals surface area contributed by atoms with Gasteiger partial charge in [0.05, 0.1) is 18.4 Å². The summed E-state index contributed by atoms with van der Waals surface area (Å²) in [6.45, 7) is 4.51. The maximum atomic E-state index is 13.4. The van der Waals surface area contributed by atoms with Gasteiger partial charge in [0.1, 0.15) is 5.82 Å². The zero-order valence-electron chi connectivity index (χ0n) is 21.2.